The van der Waals surface area contributed by atoms with E-state index in [1.54, 1.807) is 0 Å². The summed E-state index contributed by atoms with van der Waals surface area (Å²) in [5.74, 6) is 0.740. The van der Waals surface area contributed by atoms with E-state index in [4.69, 9.17) is 0 Å². The lowest BCUT2D eigenvalue weighted by atomic mass is 9.93. The van der Waals surface area contributed by atoms with Crippen LogP contribution < -0.4 is 5.32 Å². The number of hydrogen-bond acceptors (Lipinski definition) is 3. The monoisotopic (exact) mass is 275 g/mol. The zero-order valence-corrected chi connectivity index (χ0v) is 13.2. The van der Waals surface area contributed by atoms with Gasteiger partial charge in [0, 0.05) is 18.8 Å². The van der Waals surface area contributed by atoms with Crippen LogP contribution in [-0.2, 0) is 6.42 Å². The Kier molecular flexibility index (Phi) is 5.86. The molecule has 0 aromatic heterocycles. The predicted molar refractivity (Wildman–Crippen MR) is 87.4 cm³/mol. The quantitative estimate of drug-likeness (QED) is 0.825. The summed E-state index contributed by atoms with van der Waals surface area (Å²) >= 11 is 0. The molecule has 1 aromatic rings. The number of para-hydroxylation sites is 1. The van der Waals surface area contributed by atoms with Crippen molar-refractivity contribution < 1.29 is 0 Å². The summed E-state index contributed by atoms with van der Waals surface area (Å²) in [5.41, 5.74) is 2.81. The number of rotatable bonds is 7. The Morgan fingerprint density at radius 2 is 2.00 bits per heavy atom. The SMILES string of the molecule is CCN(CCCN(C)C)CC1CNc2ccccc2C1. The van der Waals surface area contributed by atoms with E-state index in [9.17, 15) is 0 Å². The van der Waals surface area contributed by atoms with Crippen molar-refractivity contribution in [2.75, 3.05) is 52.1 Å². The van der Waals surface area contributed by atoms with E-state index in [0.717, 1.165) is 19.0 Å². The second-order valence-corrected chi connectivity index (χ2v) is 6.16. The van der Waals surface area contributed by atoms with Gasteiger partial charge in [0.15, 0.2) is 0 Å². The van der Waals surface area contributed by atoms with Crippen molar-refractivity contribution in [1.29, 1.82) is 0 Å². The van der Waals surface area contributed by atoms with Gasteiger partial charge in [0.1, 0.15) is 0 Å². The first-order chi connectivity index (χ1) is 9.69. The maximum absolute atomic E-state index is 3.58. The van der Waals surface area contributed by atoms with Crippen LogP contribution in [0.2, 0.25) is 0 Å². The Hall–Kier alpha value is -1.06. The highest BCUT2D eigenvalue weighted by atomic mass is 15.1. The van der Waals surface area contributed by atoms with Crippen molar-refractivity contribution in [1.82, 2.24) is 9.80 Å². The van der Waals surface area contributed by atoms with Crippen LogP contribution in [0.15, 0.2) is 24.3 Å². The molecule has 0 aliphatic carbocycles. The van der Waals surface area contributed by atoms with Crippen LogP contribution in [0, 0.1) is 5.92 Å². The molecular formula is C17H29N3. The molecule has 0 amide bonds. The minimum Gasteiger partial charge on any atom is -0.384 e. The van der Waals surface area contributed by atoms with Crippen molar-refractivity contribution in [3.63, 3.8) is 0 Å². The van der Waals surface area contributed by atoms with E-state index in [-0.39, 0.29) is 0 Å². The standard InChI is InChI=1S/C17H29N3/c1-4-20(11-7-10-19(2)3)14-15-12-16-8-5-6-9-17(16)18-13-15/h5-6,8-9,15,18H,4,7,10-14H2,1-3H3. The molecular weight excluding hydrogens is 246 g/mol. The third kappa shape index (κ3) is 4.50. The van der Waals surface area contributed by atoms with Crippen LogP contribution >= 0.6 is 0 Å². The Morgan fingerprint density at radius 3 is 2.75 bits per heavy atom. The van der Waals surface area contributed by atoms with Crippen molar-refractivity contribution >= 4 is 5.69 Å². The van der Waals surface area contributed by atoms with Crippen LogP contribution in [0.25, 0.3) is 0 Å². The van der Waals surface area contributed by atoms with Crippen molar-refractivity contribution in [3.05, 3.63) is 29.8 Å². The van der Waals surface area contributed by atoms with Crippen LogP contribution in [0.3, 0.4) is 0 Å². The molecule has 1 unspecified atom stereocenters. The first-order valence-corrected chi connectivity index (χ1v) is 7.88. The molecule has 1 heterocycles. The molecule has 3 nitrogen and oxygen atoms in total. The Labute approximate surface area is 124 Å². The average Bonchev–Trinajstić information content (AvgIpc) is 2.45. The summed E-state index contributed by atoms with van der Waals surface area (Å²) in [4.78, 5) is 4.87. The molecule has 0 spiro atoms. The molecule has 3 heteroatoms. The van der Waals surface area contributed by atoms with Gasteiger partial charge in [-0.2, -0.15) is 0 Å². The van der Waals surface area contributed by atoms with Crippen LogP contribution in [0.5, 0.6) is 0 Å². The zero-order chi connectivity index (χ0) is 14.4. The van der Waals surface area contributed by atoms with E-state index in [2.05, 4.69) is 60.4 Å². The number of anilines is 1. The highest BCUT2D eigenvalue weighted by Gasteiger charge is 2.19. The lowest BCUT2D eigenvalue weighted by molar-refractivity contribution is 0.230. The molecule has 1 N–H and O–H groups in total. The van der Waals surface area contributed by atoms with Gasteiger partial charge in [-0.3, -0.25) is 0 Å². The lowest BCUT2D eigenvalue weighted by Crippen LogP contribution is -2.37. The Bertz CT molecular complexity index is 403. The molecule has 1 atom stereocenters. The zero-order valence-electron chi connectivity index (χ0n) is 13.2. The fourth-order valence-electron chi connectivity index (χ4n) is 2.99. The molecule has 0 fully saturated rings. The minimum absolute atomic E-state index is 0.740. The Morgan fingerprint density at radius 1 is 1.20 bits per heavy atom. The smallest absolute Gasteiger partial charge is 0.0372 e. The largest absolute Gasteiger partial charge is 0.384 e. The lowest BCUT2D eigenvalue weighted by Gasteiger charge is -2.31. The van der Waals surface area contributed by atoms with Gasteiger partial charge in [-0.15, -0.1) is 0 Å². The third-order valence-electron chi connectivity index (χ3n) is 4.15. The van der Waals surface area contributed by atoms with Crippen molar-refractivity contribution in [2.45, 2.75) is 19.8 Å². The summed E-state index contributed by atoms with van der Waals surface area (Å²) in [5, 5.41) is 3.58. The first-order valence-electron chi connectivity index (χ1n) is 7.88. The molecule has 2 rings (SSSR count). The summed E-state index contributed by atoms with van der Waals surface area (Å²) < 4.78 is 0. The van der Waals surface area contributed by atoms with Gasteiger partial charge in [-0.05, 0) is 64.1 Å². The maximum atomic E-state index is 3.58. The fourth-order valence-corrected chi connectivity index (χ4v) is 2.99. The first kappa shape index (κ1) is 15.3. The number of nitrogens with zero attached hydrogens (tertiary/aromatic N) is 2. The minimum atomic E-state index is 0.740. The fraction of sp³-hybridized carbons (Fsp3) is 0.647. The van der Waals surface area contributed by atoms with Gasteiger partial charge >= 0.3 is 0 Å². The molecule has 1 aliphatic heterocycles. The highest BCUT2D eigenvalue weighted by molar-refractivity contribution is 5.53. The van der Waals surface area contributed by atoms with Gasteiger partial charge < -0.3 is 15.1 Å². The van der Waals surface area contributed by atoms with E-state index < -0.39 is 0 Å². The van der Waals surface area contributed by atoms with E-state index in [1.165, 1.54) is 43.7 Å². The molecule has 0 saturated carbocycles. The number of benzene rings is 1. The van der Waals surface area contributed by atoms with E-state index >= 15 is 0 Å². The molecule has 1 aliphatic rings. The molecule has 0 radical (unpaired) electrons. The maximum Gasteiger partial charge on any atom is 0.0372 e. The van der Waals surface area contributed by atoms with Crippen molar-refractivity contribution in [3.8, 4) is 0 Å². The van der Waals surface area contributed by atoms with Gasteiger partial charge in [0.25, 0.3) is 0 Å². The average molecular weight is 275 g/mol. The summed E-state index contributed by atoms with van der Waals surface area (Å²) in [6.45, 7) is 8.16. The second kappa shape index (κ2) is 7.65. The number of fused-ring (bicyclic) bond motifs is 1. The second-order valence-electron chi connectivity index (χ2n) is 6.16. The van der Waals surface area contributed by atoms with E-state index in [1.807, 2.05) is 0 Å². The predicted octanol–water partition coefficient (Wildman–Crippen LogP) is 2.54. The number of hydrogen-bond donors (Lipinski definition) is 1. The van der Waals surface area contributed by atoms with Gasteiger partial charge in [0.2, 0.25) is 0 Å². The number of nitrogens with one attached hydrogen (secondary N) is 1. The van der Waals surface area contributed by atoms with Crippen LogP contribution in [0.4, 0.5) is 5.69 Å². The summed E-state index contributed by atoms with van der Waals surface area (Å²) in [6.07, 6.45) is 2.48. The Balaban J connectivity index is 1.80. The molecule has 0 bridgehead atoms. The highest BCUT2D eigenvalue weighted by Crippen LogP contribution is 2.24. The van der Waals surface area contributed by atoms with Gasteiger partial charge in [0.05, 0.1) is 0 Å². The van der Waals surface area contributed by atoms with Gasteiger partial charge in [-0.1, -0.05) is 25.1 Å². The normalized spacial score (nSPS) is 18.1. The molecule has 20 heavy (non-hydrogen) atoms. The molecule has 112 valence electrons. The van der Waals surface area contributed by atoms with Crippen molar-refractivity contribution in [2.24, 2.45) is 5.92 Å². The van der Waals surface area contributed by atoms with Crippen LogP contribution in [0.1, 0.15) is 18.9 Å². The third-order valence-corrected chi connectivity index (χ3v) is 4.15. The van der Waals surface area contributed by atoms with Crippen LogP contribution in [-0.4, -0.2) is 56.6 Å². The molecule has 0 saturated heterocycles. The summed E-state index contributed by atoms with van der Waals surface area (Å²) in [6, 6.07) is 8.72. The van der Waals surface area contributed by atoms with E-state index in [0.29, 0.717) is 0 Å². The summed E-state index contributed by atoms with van der Waals surface area (Å²) in [7, 11) is 4.30. The molecule has 1 aromatic carbocycles. The van der Waals surface area contributed by atoms with Gasteiger partial charge in [-0.25, -0.2) is 0 Å². The topological polar surface area (TPSA) is 18.5 Å².